The minimum absolute atomic E-state index is 0.185. The monoisotopic (exact) mass is 390 g/mol. The topological polar surface area (TPSA) is 84.9 Å². The average molecular weight is 390 g/mol. The maximum Gasteiger partial charge on any atom is 0.408 e. The van der Waals surface area contributed by atoms with Gasteiger partial charge >= 0.3 is 12.1 Å². The summed E-state index contributed by atoms with van der Waals surface area (Å²) in [4.78, 5) is 39.4. The quantitative estimate of drug-likeness (QED) is 0.799. The molecule has 1 N–H and O–H groups in total. The molecule has 154 valence electrons. The predicted octanol–water partition coefficient (Wildman–Crippen LogP) is 2.66. The minimum Gasteiger partial charge on any atom is -0.467 e. The lowest BCUT2D eigenvalue weighted by Gasteiger charge is -2.38. The summed E-state index contributed by atoms with van der Waals surface area (Å²) in [5.74, 6) is -0.983. The van der Waals surface area contributed by atoms with E-state index in [1.807, 2.05) is 38.1 Å². The van der Waals surface area contributed by atoms with E-state index < -0.39 is 29.7 Å². The first kappa shape index (κ1) is 21.7. The van der Waals surface area contributed by atoms with Crippen LogP contribution in [-0.4, -0.2) is 47.7 Å². The fourth-order valence-electron chi connectivity index (χ4n) is 3.23. The molecule has 28 heavy (non-hydrogen) atoms. The van der Waals surface area contributed by atoms with Crippen molar-refractivity contribution in [3.8, 4) is 0 Å². The lowest BCUT2D eigenvalue weighted by molar-refractivity contribution is -0.155. The van der Waals surface area contributed by atoms with Crippen LogP contribution in [0.1, 0.15) is 45.7 Å². The number of amides is 2. The Kier molecular flexibility index (Phi) is 6.69. The molecular weight excluding hydrogens is 360 g/mol. The highest BCUT2D eigenvalue weighted by Gasteiger charge is 2.39. The molecule has 0 unspecified atom stereocenters. The Morgan fingerprint density at radius 1 is 1.14 bits per heavy atom. The number of carbonyl (C=O) groups excluding carboxylic acids is 3. The van der Waals surface area contributed by atoms with Gasteiger partial charge in [0.2, 0.25) is 5.91 Å². The Hall–Kier alpha value is -2.57. The van der Waals surface area contributed by atoms with E-state index in [9.17, 15) is 14.4 Å². The van der Waals surface area contributed by atoms with Gasteiger partial charge in [-0.1, -0.05) is 38.1 Å². The molecule has 2 rings (SSSR count). The SMILES string of the molecule is COC(=O)[C@H]1Cc2ccccc2CN1C(=O)[C@@H](NC(=O)OC(C)(C)C)C(C)C. The van der Waals surface area contributed by atoms with E-state index in [2.05, 4.69) is 5.32 Å². The van der Waals surface area contributed by atoms with Crippen molar-refractivity contribution in [3.05, 3.63) is 35.4 Å². The van der Waals surface area contributed by atoms with Crippen LogP contribution in [-0.2, 0) is 32.0 Å². The standard InChI is InChI=1S/C21H30N2O5/c1-13(2)17(22-20(26)28-21(3,4)5)18(24)23-12-15-10-8-7-9-14(15)11-16(23)19(25)27-6/h7-10,13,16-17H,11-12H2,1-6H3,(H,22,26)/t16-,17+/m1/s1. The number of rotatable bonds is 4. The van der Waals surface area contributed by atoms with Crippen LogP contribution in [0.4, 0.5) is 4.79 Å². The van der Waals surface area contributed by atoms with Crippen LogP contribution in [0.2, 0.25) is 0 Å². The number of fused-ring (bicyclic) bond motifs is 1. The van der Waals surface area contributed by atoms with E-state index in [1.165, 1.54) is 12.0 Å². The Bertz CT molecular complexity index is 739. The molecule has 0 fully saturated rings. The summed E-state index contributed by atoms with van der Waals surface area (Å²) >= 11 is 0. The largest absolute Gasteiger partial charge is 0.467 e. The van der Waals surface area contributed by atoms with Crippen molar-refractivity contribution >= 4 is 18.0 Å². The molecule has 1 aliphatic rings. The molecule has 1 aromatic rings. The van der Waals surface area contributed by atoms with Crippen LogP contribution >= 0.6 is 0 Å². The van der Waals surface area contributed by atoms with Crippen molar-refractivity contribution in [1.29, 1.82) is 0 Å². The summed E-state index contributed by atoms with van der Waals surface area (Å²) in [6.07, 6.45) is -0.280. The zero-order valence-electron chi connectivity index (χ0n) is 17.4. The number of ether oxygens (including phenoxy) is 2. The smallest absolute Gasteiger partial charge is 0.408 e. The van der Waals surface area contributed by atoms with Gasteiger partial charge in [-0.05, 0) is 37.8 Å². The molecule has 0 saturated carbocycles. The number of alkyl carbamates (subject to hydrolysis) is 1. The van der Waals surface area contributed by atoms with E-state index in [-0.39, 0.29) is 18.4 Å². The maximum absolute atomic E-state index is 13.3. The van der Waals surface area contributed by atoms with Crippen LogP contribution < -0.4 is 5.32 Å². The Morgan fingerprint density at radius 3 is 2.29 bits per heavy atom. The lowest BCUT2D eigenvalue weighted by atomic mass is 9.92. The zero-order valence-corrected chi connectivity index (χ0v) is 17.4. The van der Waals surface area contributed by atoms with Crippen LogP contribution in [0.3, 0.4) is 0 Å². The summed E-state index contributed by atoms with van der Waals surface area (Å²) < 4.78 is 10.2. The second kappa shape index (κ2) is 8.63. The van der Waals surface area contributed by atoms with Crippen LogP contribution in [0.25, 0.3) is 0 Å². The van der Waals surface area contributed by atoms with Gasteiger partial charge in [-0.2, -0.15) is 0 Å². The number of nitrogens with one attached hydrogen (secondary N) is 1. The van der Waals surface area contributed by atoms with E-state index in [4.69, 9.17) is 9.47 Å². The molecule has 2 atom stereocenters. The van der Waals surface area contributed by atoms with Gasteiger partial charge in [0.1, 0.15) is 17.7 Å². The second-order valence-electron chi connectivity index (χ2n) is 8.35. The predicted molar refractivity (Wildman–Crippen MR) is 104 cm³/mol. The highest BCUT2D eigenvalue weighted by molar-refractivity contribution is 5.90. The van der Waals surface area contributed by atoms with Gasteiger partial charge in [-0.25, -0.2) is 9.59 Å². The van der Waals surface area contributed by atoms with E-state index >= 15 is 0 Å². The number of hydrogen-bond donors (Lipinski definition) is 1. The molecule has 0 spiro atoms. The van der Waals surface area contributed by atoms with Crippen molar-refractivity contribution < 1.29 is 23.9 Å². The number of carbonyl (C=O) groups is 3. The van der Waals surface area contributed by atoms with Gasteiger partial charge in [0.05, 0.1) is 7.11 Å². The highest BCUT2D eigenvalue weighted by atomic mass is 16.6. The average Bonchev–Trinajstić information content (AvgIpc) is 2.62. The molecule has 1 aliphatic heterocycles. The summed E-state index contributed by atoms with van der Waals surface area (Å²) in [5.41, 5.74) is 1.33. The third-order valence-electron chi connectivity index (χ3n) is 4.61. The Labute approximate surface area is 166 Å². The third kappa shape index (κ3) is 5.24. The molecule has 7 nitrogen and oxygen atoms in total. The van der Waals surface area contributed by atoms with E-state index in [1.54, 1.807) is 20.8 Å². The number of esters is 1. The van der Waals surface area contributed by atoms with Crippen molar-refractivity contribution in [3.63, 3.8) is 0 Å². The zero-order chi connectivity index (χ0) is 21.1. The molecular formula is C21H30N2O5. The first-order valence-corrected chi connectivity index (χ1v) is 9.48. The molecule has 2 amide bonds. The lowest BCUT2D eigenvalue weighted by Crippen LogP contribution is -2.57. The molecule has 7 heteroatoms. The van der Waals surface area contributed by atoms with Gasteiger partial charge < -0.3 is 19.7 Å². The van der Waals surface area contributed by atoms with Crippen molar-refractivity contribution in [1.82, 2.24) is 10.2 Å². The van der Waals surface area contributed by atoms with Gasteiger partial charge in [0, 0.05) is 13.0 Å². The van der Waals surface area contributed by atoms with Crippen LogP contribution in [0, 0.1) is 5.92 Å². The first-order valence-electron chi connectivity index (χ1n) is 9.48. The maximum atomic E-state index is 13.3. The van der Waals surface area contributed by atoms with Crippen molar-refractivity contribution in [2.45, 2.75) is 65.3 Å². The molecule has 0 bridgehead atoms. The van der Waals surface area contributed by atoms with Crippen molar-refractivity contribution in [2.75, 3.05) is 7.11 Å². The van der Waals surface area contributed by atoms with E-state index in [0.717, 1.165) is 11.1 Å². The Balaban J connectivity index is 2.28. The fraction of sp³-hybridized carbons (Fsp3) is 0.571. The number of benzene rings is 1. The molecule has 1 aromatic carbocycles. The summed E-state index contributed by atoms with van der Waals surface area (Å²) in [5, 5.41) is 2.67. The Morgan fingerprint density at radius 2 is 1.75 bits per heavy atom. The molecule has 0 saturated heterocycles. The van der Waals surface area contributed by atoms with Gasteiger partial charge in [-0.3, -0.25) is 4.79 Å². The normalized spacial score (nSPS) is 17.5. The van der Waals surface area contributed by atoms with Crippen molar-refractivity contribution in [2.24, 2.45) is 5.92 Å². The molecule has 1 heterocycles. The third-order valence-corrected chi connectivity index (χ3v) is 4.61. The number of nitrogens with zero attached hydrogens (tertiary/aromatic N) is 1. The highest BCUT2D eigenvalue weighted by Crippen LogP contribution is 2.25. The number of hydrogen-bond acceptors (Lipinski definition) is 5. The molecule has 0 aromatic heterocycles. The van der Waals surface area contributed by atoms with Gasteiger partial charge in [0.25, 0.3) is 0 Å². The summed E-state index contributed by atoms with van der Waals surface area (Å²) in [7, 11) is 1.31. The number of methoxy groups -OCH3 is 1. The van der Waals surface area contributed by atoms with Gasteiger partial charge in [0.15, 0.2) is 0 Å². The van der Waals surface area contributed by atoms with Crippen LogP contribution in [0.15, 0.2) is 24.3 Å². The second-order valence-corrected chi connectivity index (χ2v) is 8.35. The summed E-state index contributed by atoms with van der Waals surface area (Å²) in [6.45, 7) is 9.23. The fourth-order valence-corrected chi connectivity index (χ4v) is 3.23. The molecule has 0 radical (unpaired) electrons. The molecule has 0 aliphatic carbocycles. The van der Waals surface area contributed by atoms with Crippen LogP contribution in [0.5, 0.6) is 0 Å². The van der Waals surface area contributed by atoms with E-state index in [0.29, 0.717) is 6.42 Å². The first-order chi connectivity index (χ1) is 13.0. The van der Waals surface area contributed by atoms with Gasteiger partial charge in [-0.15, -0.1) is 0 Å². The summed E-state index contributed by atoms with van der Waals surface area (Å²) in [6, 6.07) is 6.16. The minimum atomic E-state index is -0.813.